The lowest BCUT2D eigenvalue weighted by Crippen LogP contribution is -2.73. The lowest BCUT2D eigenvalue weighted by atomic mass is 9.41. The molecule has 0 bridgehead atoms. The van der Waals surface area contributed by atoms with Crippen molar-refractivity contribution in [2.75, 3.05) is 0 Å². The van der Waals surface area contributed by atoms with E-state index in [9.17, 15) is 30.0 Å². The van der Waals surface area contributed by atoms with E-state index in [1.165, 1.54) is 12.3 Å². The number of carbonyl (C=O) groups excluding carboxylic acids is 1. The van der Waals surface area contributed by atoms with Crippen molar-refractivity contribution in [3.63, 3.8) is 0 Å². The Morgan fingerprint density at radius 2 is 1.74 bits per heavy atom. The molecular formula is C24H32O7. The van der Waals surface area contributed by atoms with Crippen molar-refractivity contribution in [1.82, 2.24) is 0 Å². The number of ketones is 1. The number of aliphatic hydroxyl groups excluding tert-OH is 2. The smallest absolute Gasteiger partial charge is 0.335 e. The van der Waals surface area contributed by atoms with Crippen molar-refractivity contribution >= 4 is 5.78 Å². The van der Waals surface area contributed by atoms with Crippen molar-refractivity contribution in [2.24, 2.45) is 22.7 Å². The molecule has 0 aliphatic heterocycles. The van der Waals surface area contributed by atoms with Crippen LogP contribution in [0.1, 0.15) is 70.3 Å². The molecule has 4 saturated carbocycles. The van der Waals surface area contributed by atoms with E-state index >= 15 is 0 Å². The minimum atomic E-state index is -1.40. The van der Waals surface area contributed by atoms with Gasteiger partial charge in [-0.2, -0.15) is 0 Å². The quantitative estimate of drug-likeness (QED) is 0.529. The number of carbonyl (C=O) groups is 1. The molecule has 31 heavy (non-hydrogen) atoms. The molecule has 0 radical (unpaired) electrons. The van der Waals surface area contributed by atoms with Gasteiger partial charge in [-0.25, -0.2) is 4.79 Å². The average molecular weight is 433 g/mol. The topological polar surface area (TPSA) is 128 Å². The Morgan fingerprint density at radius 3 is 2.42 bits per heavy atom. The van der Waals surface area contributed by atoms with Gasteiger partial charge < -0.3 is 24.8 Å². The van der Waals surface area contributed by atoms with Crippen molar-refractivity contribution in [1.29, 1.82) is 0 Å². The standard InChI is InChI=1S/C24H32O7/c1-21-8-5-14(25)11-23(21,29)9-6-16-18(21)19(27)20(28)22(2)15(7-10-24(16,22)30)13-3-4-17(26)31-12-13/h3-4,12,14-16,18,20,25,28-30H,5-11H2,1-2H3/t14-,15+,16+,18+,20+,21+,22-,23-,24-/m0/s1. The minimum Gasteiger partial charge on any atom is -0.431 e. The van der Waals surface area contributed by atoms with Gasteiger partial charge in [-0.1, -0.05) is 13.8 Å². The van der Waals surface area contributed by atoms with Crippen LogP contribution < -0.4 is 5.63 Å². The van der Waals surface area contributed by atoms with Crippen molar-refractivity contribution < 1.29 is 29.6 Å². The monoisotopic (exact) mass is 432 g/mol. The van der Waals surface area contributed by atoms with Crippen LogP contribution in [0.2, 0.25) is 0 Å². The van der Waals surface area contributed by atoms with E-state index in [1.54, 1.807) is 13.0 Å². The zero-order valence-electron chi connectivity index (χ0n) is 18.1. The Balaban J connectivity index is 1.60. The summed E-state index contributed by atoms with van der Waals surface area (Å²) in [6.45, 7) is 3.67. The fourth-order valence-electron chi connectivity index (χ4n) is 8.08. The van der Waals surface area contributed by atoms with Gasteiger partial charge in [0.2, 0.25) is 0 Å². The lowest BCUT2D eigenvalue weighted by Gasteiger charge is -2.65. The molecule has 1 aromatic heterocycles. The first kappa shape index (κ1) is 21.3. The fourth-order valence-corrected chi connectivity index (χ4v) is 8.08. The third-order valence-corrected chi connectivity index (χ3v) is 9.94. The van der Waals surface area contributed by atoms with E-state index < -0.39 is 45.8 Å². The lowest BCUT2D eigenvalue weighted by molar-refractivity contribution is -0.260. The number of hydrogen-bond donors (Lipinski definition) is 4. The fraction of sp³-hybridized carbons (Fsp3) is 0.750. The number of Topliss-reactive ketones (excluding diaryl/α,β-unsaturated/α-hetero) is 1. The van der Waals surface area contributed by atoms with Gasteiger partial charge in [-0.05, 0) is 62.0 Å². The second-order valence-electron chi connectivity index (χ2n) is 11.0. The summed E-state index contributed by atoms with van der Waals surface area (Å²) in [5, 5.41) is 45.2. The molecule has 4 aliphatic carbocycles. The zero-order valence-corrected chi connectivity index (χ0v) is 18.1. The van der Waals surface area contributed by atoms with Gasteiger partial charge in [0.1, 0.15) is 6.10 Å². The summed E-state index contributed by atoms with van der Waals surface area (Å²) in [6.07, 6.45) is 2.42. The Hall–Kier alpha value is -1.54. The van der Waals surface area contributed by atoms with Crippen LogP contribution in [0, 0.1) is 22.7 Å². The maximum Gasteiger partial charge on any atom is 0.335 e. The summed E-state index contributed by atoms with van der Waals surface area (Å²) < 4.78 is 5.05. The van der Waals surface area contributed by atoms with Gasteiger partial charge in [0.15, 0.2) is 5.78 Å². The van der Waals surface area contributed by atoms with E-state index in [4.69, 9.17) is 4.42 Å². The second-order valence-corrected chi connectivity index (χ2v) is 11.0. The Labute approximate surface area is 181 Å². The largest absolute Gasteiger partial charge is 0.431 e. The molecule has 0 spiro atoms. The van der Waals surface area contributed by atoms with Crippen LogP contribution in [0.4, 0.5) is 0 Å². The number of aliphatic hydroxyl groups is 4. The van der Waals surface area contributed by atoms with Gasteiger partial charge in [0.05, 0.1) is 23.6 Å². The highest BCUT2D eigenvalue weighted by Gasteiger charge is 2.75. The second kappa shape index (κ2) is 6.50. The molecule has 4 aliphatic rings. The molecule has 0 saturated heterocycles. The summed E-state index contributed by atoms with van der Waals surface area (Å²) in [5.41, 5.74) is -4.17. The summed E-state index contributed by atoms with van der Waals surface area (Å²) in [6, 6.07) is 2.98. The Bertz CT molecular complexity index is 952. The highest BCUT2D eigenvalue weighted by Crippen LogP contribution is 2.70. The molecule has 7 heteroatoms. The van der Waals surface area contributed by atoms with E-state index in [0.29, 0.717) is 44.1 Å². The van der Waals surface area contributed by atoms with Crippen LogP contribution in [-0.2, 0) is 4.79 Å². The Morgan fingerprint density at radius 1 is 1.00 bits per heavy atom. The summed E-state index contributed by atoms with van der Waals surface area (Å²) in [7, 11) is 0. The van der Waals surface area contributed by atoms with Gasteiger partial charge in [-0.3, -0.25) is 4.79 Å². The Kier molecular flexibility index (Phi) is 4.47. The van der Waals surface area contributed by atoms with Gasteiger partial charge in [0.25, 0.3) is 0 Å². The maximum absolute atomic E-state index is 13.8. The van der Waals surface area contributed by atoms with E-state index in [-0.39, 0.29) is 24.0 Å². The third-order valence-electron chi connectivity index (χ3n) is 9.94. The molecule has 9 atom stereocenters. The summed E-state index contributed by atoms with van der Waals surface area (Å²) in [4.78, 5) is 25.2. The van der Waals surface area contributed by atoms with Crippen LogP contribution in [0.15, 0.2) is 27.6 Å². The van der Waals surface area contributed by atoms with Crippen LogP contribution in [0.25, 0.3) is 0 Å². The predicted molar refractivity (Wildman–Crippen MR) is 110 cm³/mol. The molecule has 1 aromatic rings. The molecule has 0 unspecified atom stereocenters. The SMILES string of the molecule is C[C@]12[C@H](O)C(=O)[C@H]3[C@@H](CC[C@]4(O)C[C@@H](O)CC[C@]34C)[C@@]1(O)CC[C@@H]2c1ccc(=O)oc1. The first-order valence-corrected chi connectivity index (χ1v) is 11.4. The summed E-state index contributed by atoms with van der Waals surface area (Å²) >= 11 is 0. The van der Waals surface area contributed by atoms with E-state index in [2.05, 4.69) is 0 Å². The molecule has 0 amide bonds. The van der Waals surface area contributed by atoms with Crippen LogP contribution in [0.5, 0.6) is 0 Å². The number of fused-ring (bicyclic) bond motifs is 5. The first-order chi connectivity index (χ1) is 14.5. The predicted octanol–water partition coefficient (Wildman–Crippen LogP) is 1.51. The highest BCUT2D eigenvalue weighted by atomic mass is 16.4. The molecule has 1 heterocycles. The molecule has 4 N–H and O–H groups in total. The summed E-state index contributed by atoms with van der Waals surface area (Å²) in [5.74, 6) is -1.70. The third kappa shape index (κ3) is 2.49. The molecule has 4 fully saturated rings. The molecule has 0 aromatic carbocycles. The van der Waals surface area contributed by atoms with Crippen molar-refractivity contribution in [3.05, 3.63) is 34.4 Å². The van der Waals surface area contributed by atoms with Gasteiger partial charge >= 0.3 is 5.63 Å². The van der Waals surface area contributed by atoms with Crippen LogP contribution in [-0.4, -0.2) is 49.6 Å². The van der Waals surface area contributed by atoms with Gasteiger partial charge in [0, 0.05) is 29.2 Å². The normalized spacial score (nSPS) is 51.7. The molecular weight excluding hydrogens is 400 g/mol. The van der Waals surface area contributed by atoms with E-state index in [1.807, 2.05) is 6.92 Å². The van der Waals surface area contributed by atoms with Crippen molar-refractivity contribution in [2.45, 2.75) is 88.1 Å². The first-order valence-electron chi connectivity index (χ1n) is 11.4. The van der Waals surface area contributed by atoms with Gasteiger partial charge in [-0.15, -0.1) is 0 Å². The highest BCUT2D eigenvalue weighted by molar-refractivity contribution is 5.89. The van der Waals surface area contributed by atoms with E-state index in [0.717, 1.165) is 0 Å². The number of hydrogen-bond acceptors (Lipinski definition) is 7. The average Bonchev–Trinajstić information content (AvgIpc) is 3.00. The van der Waals surface area contributed by atoms with Crippen LogP contribution in [0.3, 0.4) is 0 Å². The zero-order chi connectivity index (χ0) is 22.4. The van der Waals surface area contributed by atoms with Crippen LogP contribution >= 0.6 is 0 Å². The van der Waals surface area contributed by atoms with Crippen molar-refractivity contribution in [3.8, 4) is 0 Å². The number of rotatable bonds is 1. The molecule has 170 valence electrons. The maximum atomic E-state index is 13.8. The molecule has 5 rings (SSSR count). The minimum absolute atomic E-state index is 0.220. The molecule has 7 nitrogen and oxygen atoms in total.